The van der Waals surface area contributed by atoms with Crippen LogP contribution in [0.4, 0.5) is 33.9 Å². The summed E-state index contributed by atoms with van der Waals surface area (Å²) in [6, 6.07) is 29.5. The highest BCUT2D eigenvalue weighted by atomic mass is 16.5. The van der Waals surface area contributed by atoms with E-state index in [1.807, 2.05) is 107 Å². The van der Waals surface area contributed by atoms with Gasteiger partial charge >= 0.3 is 12.0 Å². The van der Waals surface area contributed by atoms with Gasteiger partial charge in [0.05, 0.1) is 41.9 Å². The van der Waals surface area contributed by atoms with Crippen LogP contribution < -0.4 is 36.5 Å². The molecular formula is C62H67N17O5. The molecule has 12 rings (SSSR count). The van der Waals surface area contributed by atoms with Crippen molar-refractivity contribution in [3.8, 4) is 34.6 Å². The number of nitrogens with two attached hydrogens (primary N) is 1. The van der Waals surface area contributed by atoms with Gasteiger partial charge in [-0.2, -0.15) is 20.2 Å². The van der Waals surface area contributed by atoms with Crippen LogP contribution in [0.25, 0.3) is 32.9 Å². The number of aryl methyl sites for hydroxylation is 2. The number of anilines is 5. The van der Waals surface area contributed by atoms with Gasteiger partial charge in [-0.25, -0.2) is 48.9 Å². The lowest BCUT2D eigenvalue weighted by atomic mass is 9.92. The van der Waals surface area contributed by atoms with Gasteiger partial charge in [0.25, 0.3) is 0 Å². The average molecular weight is 1130 g/mol. The maximum Gasteiger partial charge on any atom is 0.354 e. The number of benzene rings is 4. The number of carbonyl (C=O) groups is 2. The number of aromatic nitrogens is 12. The van der Waals surface area contributed by atoms with E-state index in [4.69, 9.17) is 20.3 Å². The summed E-state index contributed by atoms with van der Waals surface area (Å²) in [5.41, 5.74) is 9.77. The number of hydrogen-bond donors (Lipinski definition) is 6. The Morgan fingerprint density at radius 2 is 1.05 bits per heavy atom. The van der Waals surface area contributed by atoms with Gasteiger partial charge in [0.15, 0.2) is 5.69 Å². The monoisotopic (exact) mass is 1130 g/mol. The molecule has 2 saturated carbocycles. The molecule has 6 heterocycles. The molecule has 0 radical (unpaired) electrons. The minimum atomic E-state index is -1.02. The van der Waals surface area contributed by atoms with Gasteiger partial charge in [-0.05, 0) is 81.7 Å². The minimum Gasteiger partial charge on any atom is -0.477 e. The van der Waals surface area contributed by atoms with Gasteiger partial charge in [-0.15, -0.1) is 0 Å². The Balaban J connectivity index is 0.000000157. The second kappa shape index (κ2) is 24.5. The highest BCUT2D eigenvalue weighted by Gasteiger charge is 2.26. The summed E-state index contributed by atoms with van der Waals surface area (Å²) in [5, 5.41) is 34.4. The van der Waals surface area contributed by atoms with Crippen LogP contribution in [0.2, 0.25) is 0 Å². The van der Waals surface area contributed by atoms with Crippen LogP contribution in [0.3, 0.4) is 0 Å². The Kier molecular flexibility index (Phi) is 16.7. The Morgan fingerprint density at radius 1 is 0.583 bits per heavy atom. The number of nitrogens with one attached hydrogen (secondary N) is 4. The van der Waals surface area contributed by atoms with Crippen molar-refractivity contribution in [1.82, 2.24) is 59.4 Å². The van der Waals surface area contributed by atoms with E-state index in [0.717, 1.165) is 57.7 Å². The Hall–Kier alpha value is -10.1. The number of aromatic carboxylic acids is 1. The molecule has 7 N–H and O–H groups in total. The van der Waals surface area contributed by atoms with Gasteiger partial charge in [0.1, 0.15) is 40.3 Å². The molecule has 84 heavy (non-hydrogen) atoms. The van der Waals surface area contributed by atoms with Crippen molar-refractivity contribution in [1.29, 1.82) is 0 Å². The topological polar surface area (TPSA) is 286 Å². The summed E-state index contributed by atoms with van der Waals surface area (Å²) in [4.78, 5) is 58.8. The smallest absolute Gasteiger partial charge is 0.354 e. The Bertz CT molecular complexity index is 3960. The SMILES string of the molecule is Cc1ncc(-n2nc(C(C)(C)C)cc2C(=O)O)cn1.Cc1ncc(-n2nc(C(C)(C)C)cc2NC(=O)Nc2ccc(Oc3ccnc(NCC4CC4)n3)c3ccccc23)cn1.Nc1ccc(Oc2ccnc(NCC3CC3)n2)c2ccccc12. The molecule has 10 aromatic rings. The normalized spacial score (nSPS) is 13.0. The molecule has 0 saturated heterocycles. The third kappa shape index (κ3) is 14.5. The van der Waals surface area contributed by atoms with Gasteiger partial charge in [0, 0.05) is 81.7 Å². The number of carbonyl (C=O) groups excluding carboxylic acids is 1. The third-order valence-corrected chi connectivity index (χ3v) is 13.7. The van der Waals surface area contributed by atoms with Crippen LogP contribution in [0, 0.1) is 25.7 Å². The van der Waals surface area contributed by atoms with Crippen LogP contribution in [0.1, 0.15) is 101 Å². The van der Waals surface area contributed by atoms with Crippen molar-refractivity contribution in [2.24, 2.45) is 11.8 Å². The molecule has 22 nitrogen and oxygen atoms in total. The standard InChI is InChI=1S/C31H33N9O2.C18H18N4O.C13H16N4O2/c1-19-33-17-21(18-34-19)40-27(15-26(39-40)31(2,3)4)37-30(41)36-24-11-12-25(23-8-6-5-7-22(23)24)42-28-13-14-32-29(38-28)35-16-20-9-10-20;19-15-7-8-16(14-4-2-1-3-13(14)15)23-17-9-10-20-18(22-17)21-11-12-5-6-12;1-8-14-6-9(7-15-8)17-10(12(18)19)5-11(16-17)13(2,3)4/h5-8,11-15,17-18,20H,9-10,16H2,1-4H3,(H,32,35,38)(H2,36,37,41);1-4,7-10,12H,5-6,11,19H2,(H,20,21,22);5-7H,1-4H3,(H,18,19). The van der Waals surface area contributed by atoms with Crippen LogP contribution in [-0.2, 0) is 10.8 Å². The number of carboxylic acid groups (broad SMARTS) is 1. The number of ether oxygens (including phenoxy) is 2. The van der Waals surface area contributed by atoms with Crippen LogP contribution in [0.15, 0.2) is 134 Å². The van der Waals surface area contributed by atoms with E-state index in [2.05, 4.69) is 87.0 Å². The first-order valence-corrected chi connectivity index (χ1v) is 27.7. The van der Waals surface area contributed by atoms with Crippen molar-refractivity contribution < 1.29 is 24.2 Å². The maximum atomic E-state index is 13.3. The zero-order valence-electron chi connectivity index (χ0n) is 48.1. The molecule has 4 aromatic carbocycles. The van der Waals surface area contributed by atoms with Crippen LogP contribution in [0.5, 0.6) is 23.3 Å². The summed E-state index contributed by atoms with van der Waals surface area (Å²) in [6.07, 6.45) is 15.0. The Morgan fingerprint density at radius 3 is 1.56 bits per heavy atom. The molecule has 22 heteroatoms. The van der Waals surface area contributed by atoms with Crippen LogP contribution in [-0.4, -0.2) is 89.6 Å². The fourth-order valence-electron chi connectivity index (χ4n) is 8.55. The van der Waals surface area contributed by atoms with Crippen molar-refractivity contribution in [3.05, 3.63) is 163 Å². The summed E-state index contributed by atoms with van der Waals surface area (Å²) in [6.45, 7) is 17.5. The first-order chi connectivity index (χ1) is 40.3. The van der Waals surface area contributed by atoms with E-state index in [-0.39, 0.29) is 16.5 Å². The molecule has 0 bridgehead atoms. The molecule has 2 aliphatic carbocycles. The number of nitrogens with zero attached hydrogens (tertiary/aromatic N) is 12. The molecule has 0 unspecified atom stereocenters. The van der Waals surface area contributed by atoms with Crippen LogP contribution >= 0.6 is 0 Å². The second-order valence-electron chi connectivity index (χ2n) is 22.7. The lowest BCUT2D eigenvalue weighted by Gasteiger charge is -2.14. The summed E-state index contributed by atoms with van der Waals surface area (Å²) < 4.78 is 15.1. The van der Waals surface area contributed by atoms with Gasteiger partial charge in [0.2, 0.25) is 23.7 Å². The lowest BCUT2D eigenvalue weighted by Crippen LogP contribution is -2.21. The van der Waals surface area contributed by atoms with E-state index < -0.39 is 12.0 Å². The molecule has 0 aliphatic heterocycles. The number of fused-ring (bicyclic) bond motifs is 2. The highest BCUT2D eigenvalue weighted by molar-refractivity contribution is 6.07. The van der Waals surface area contributed by atoms with Gasteiger partial charge in [-0.1, -0.05) is 90.1 Å². The zero-order chi connectivity index (χ0) is 59.1. The summed E-state index contributed by atoms with van der Waals surface area (Å²) in [5.74, 6) is 5.70. The molecular weight excluding hydrogens is 1060 g/mol. The maximum absolute atomic E-state index is 13.3. The van der Waals surface area contributed by atoms with Crippen molar-refractivity contribution in [3.63, 3.8) is 0 Å². The largest absolute Gasteiger partial charge is 0.477 e. The first-order valence-electron chi connectivity index (χ1n) is 27.7. The molecule has 0 atom stereocenters. The number of hydrogen-bond acceptors (Lipinski definition) is 17. The van der Waals surface area contributed by atoms with Gasteiger partial charge < -0.3 is 36.3 Å². The fraction of sp³-hybridized carbons (Fsp3) is 0.290. The lowest BCUT2D eigenvalue weighted by molar-refractivity contribution is 0.0686. The van der Waals surface area contributed by atoms with Gasteiger partial charge in [-0.3, -0.25) is 5.32 Å². The number of amides is 2. The summed E-state index contributed by atoms with van der Waals surface area (Å²) in [7, 11) is 0. The van der Waals surface area contributed by atoms with Crippen molar-refractivity contribution >= 4 is 62.6 Å². The van der Waals surface area contributed by atoms with E-state index >= 15 is 0 Å². The molecule has 2 amide bonds. The fourth-order valence-corrected chi connectivity index (χ4v) is 8.55. The molecule has 2 fully saturated rings. The average Bonchev–Trinajstić information content (AvgIpc) is 4.54. The predicted molar refractivity (Wildman–Crippen MR) is 324 cm³/mol. The number of nitrogen functional groups attached to an aromatic ring is 1. The first kappa shape index (κ1) is 57.1. The molecule has 6 aromatic heterocycles. The second-order valence-corrected chi connectivity index (χ2v) is 22.7. The Labute approximate surface area is 485 Å². The molecule has 0 spiro atoms. The third-order valence-electron chi connectivity index (χ3n) is 13.7. The number of carboxylic acids is 1. The highest BCUT2D eigenvalue weighted by Crippen LogP contribution is 2.36. The van der Waals surface area contributed by atoms with E-state index in [0.29, 0.717) is 75.5 Å². The van der Waals surface area contributed by atoms with Crippen molar-refractivity contribution in [2.45, 2.75) is 91.9 Å². The quantitative estimate of drug-likeness (QED) is 0.0520. The summed E-state index contributed by atoms with van der Waals surface area (Å²) >= 11 is 0. The van der Waals surface area contributed by atoms with E-state index in [9.17, 15) is 14.7 Å². The minimum absolute atomic E-state index is 0.109. The predicted octanol–water partition coefficient (Wildman–Crippen LogP) is 12.3. The zero-order valence-corrected chi connectivity index (χ0v) is 48.1. The number of urea groups is 1. The number of rotatable bonds is 15. The van der Waals surface area contributed by atoms with Crippen molar-refractivity contribution in [2.75, 3.05) is 40.1 Å². The van der Waals surface area contributed by atoms with E-state index in [1.165, 1.54) is 30.4 Å². The molecule has 2 aliphatic rings. The van der Waals surface area contributed by atoms with E-state index in [1.54, 1.807) is 67.0 Å². The molecule has 430 valence electrons.